The number of aliphatic hydroxyl groups excluding tert-OH is 1. The topological polar surface area (TPSA) is 78.5 Å². The molecule has 1 amide bonds. The number of carbonyl (C=O) groups excluding carboxylic acids is 1. The van der Waals surface area contributed by atoms with E-state index in [0.717, 1.165) is 29.7 Å². The number of aliphatic hydroxyl groups is 1. The van der Waals surface area contributed by atoms with Gasteiger partial charge in [-0.05, 0) is 31.4 Å². The fourth-order valence-electron chi connectivity index (χ4n) is 3.88. The molecule has 2 aliphatic rings. The van der Waals surface area contributed by atoms with Crippen LogP contribution in [0.4, 0.5) is 0 Å². The Labute approximate surface area is 140 Å². The molecule has 4 rings (SSSR count). The molecule has 6 heteroatoms. The SMILES string of the molecule is O=C(CCc1nc2ccccc2[nH]1)N1CC[C@H](O)[C@]2(CCCO2)C1. The largest absolute Gasteiger partial charge is 0.390 e. The minimum atomic E-state index is -0.534. The summed E-state index contributed by atoms with van der Waals surface area (Å²) in [6.07, 6.45) is 2.95. The van der Waals surface area contributed by atoms with Crippen LogP contribution in [0.15, 0.2) is 24.3 Å². The van der Waals surface area contributed by atoms with Crippen molar-refractivity contribution in [2.75, 3.05) is 19.7 Å². The average Bonchev–Trinajstić information content (AvgIpc) is 3.22. The Morgan fingerprint density at radius 1 is 1.46 bits per heavy atom. The van der Waals surface area contributed by atoms with E-state index in [0.29, 0.717) is 39.0 Å². The van der Waals surface area contributed by atoms with Crippen LogP contribution in [-0.2, 0) is 16.0 Å². The average molecular weight is 329 g/mol. The van der Waals surface area contributed by atoms with Gasteiger partial charge in [-0.2, -0.15) is 0 Å². The van der Waals surface area contributed by atoms with Crippen molar-refractivity contribution in [3.05, 3.63) is 30.1 Å². The van der Waals surface area contributed by atoms with Crippen molar-refractivity contribution in [1.82, 2.24) is 14.9 Å². The first-order valence-corrected chi connectivity index (χ1v) is 8.70. The Balaban J connectivity index is 1.39. The zero-order valence-electron chi connectivity index (χ0n) is 13.7. The van der Waals surface area contributed by atoms with Crippen LogP contribution < -0.4 is 0 Å². The van der Waals surface area contributed by atoms with Gasteiger partial charge in [0.15, 0.2) is 0 Å². The van der Waals surface area contributed by atoms with Crippen molar-refractivity contribution in [3.8, 4) is 0 Å². The molecule has 6 nitrogen and oxygen atoms in total. The van der Waals surface area contributed by atoms with Gasteiger partial charge in [0.25, 0.3) is 0 Å². The molecule has 3 heterocycles. The Hall–Kier alpha value is -1.92. The summed E-state index contributed by atoms with van der Waals surface area (Å²) in [5.74, 6) is 0.950. The second-order valence-corrected chi connectivity index (χ2v) is 6.84. The molecule has 128 valence electrons. The molecule has 1 spiro atoms. The van der Waals surface area contributed by atoms with Crippen molar-refractivity contribution < 1.29 is 14.6 Å². The van der Waals surface area contributed by atoms with Crippen molar-refractivity contribution in [3.63, 3.8) is 0 Å². The van der Waals surface area contributed by atoms with E-state index in [1.165, 1.54) is 0 Å². The summed E-state index contributed by atoms with van der Waals surface area (Å²) >= 11 is 0. The number of nitrogens with zero attached hydrogens (tertiary/aromatic N) is 2. The van der Waals surface area contributed by atoms with Crippen LogP contribution in [0, 0.1) is 0 Å². The monoisotopic (exact) mass is 329 g/mol. The number of para-hydroxylation sites is 2. The molecule has 0 aliphatic carbocycles. The number of piperidine rings is 1. The number of aromatic nitrogens is 2. The van der Waals surface area contributed by atoms with Crippen LogP contribution in [0.5, 0.6) is 0 Å². The number of aryl methyl sites for hydroxylation is 1. The lowest BCUT2D eigenvalue weighted by atomic mass is 9.87. The number of rotatable bonds is 3. The highest BCUT2D eigenvalue weighted by atomic mass is 16.5. The molecule has 2 atom stereocenters. The number of carbonyl (C=O) groups is 1. The molecule has 2 saturated heterocycles. The highest BCUT2D eigenvalue weighted by Gasteiger charge is 2.47. The van der Waals surface area contributed by atoms with Crippen molar-refractivity contribution in [2.24, 2.45) is 0 Å². The van der Waals surface area contributed by atoms with E-state index in [2.05, 4.69) is 9.97 Å². The third-order valence-electron chi connectivity index (χ3n) is 5.24. The van der Waals surface area contributed by atoms with Gasteiger partial charge in [0.2, 0.25) is 5.91 Å². The van der Waals surface area contributed by atoms with Gasteiger partial charge in [-0.25, -0.2) is 4.98 Å². The highest BCUT2D eigenvalue weighted by molar-refractivity contribution is 5.77. The third kappa shape index (κ3) is 2.80. The van der Waals surface area contributed by atoms with Gasteiger partial charge in [-0.3, -0.25) is 4.79 Å². The number of ether oxygens (including phenoxy) is 1. The number of nitrogens with one attached hydrogen (secondary N) is 1. The number of amides is 1. The molecular weight excluding hydrogens is 306 g/mol. The number of hydrogen-bond acceptors (Lipinski definition) is 4. The summed E-state index contributed by atoms with van der Waals surface area (Å²) < 4.78 is 5.81. The minimum Gasteiger partial charge on any atom is -0.390 e. The van der Waals surface area contributed by atoms with Crippen molar-refractivity contribution >= 4 is 16.9 Å². The summed E-state index contributed by atoms with van der Waals surface area (Å²) in [5, 5.41) is 10.3. The zero-order valence-corrected chi connectivity index (χ0v) is 13.7. The van der Waals surface area contributed by atoms with Gasteiger partial charge >= 0.3 is 0 Å². The zero-order chi connectivity index (χ0) is 16.6. The number of benzene rings is 1. The summed E-state index contributed by atoms with van der Waals surface area (Å²) in [7, 11) is 0. The van der Waals surface area contributed by atoms with Crippen LogP contribution >= 0.6 is 0 Å². The highest BCUT2D eigenvalue weighted by Crippen LogP contribution is 2.35. The fourth-order valence-corrected chi connectivity index (χ4v) is 3.88. The summed E-state index contributed by atoms with van der Waals surface area (Å²) in [4.78, 5) is 22.2. The van der Waals surface area contributed by atoms with Gasteiger partial charge in [0, 0.05) is 26.0 Å². The number of H-pyrrole nitrogens is 1. The van der Waals surface area contributed by atoms with E-state index in [-0.39, 0.29) is 5.91 Å². The first-order valence-electron chi connectivity index (χ1n) is 8.70. The summed E-state index contributed by atoms with van der Waals surface area (Å²) in [6.45, 7) is 1.79. The fraction of sp³-hybridized carbons (Fsp3) is 0.556. The summed E-state index contributed by atoms with van der Waals surface area (Å²) in [6, 6.07) is 7.87. The molecule has 1 aromatic carbocycles. The number of imidazole rings is 1. The minimum absolute atomic E-state index is 0.109. The Bertz CT molecular complexity index is 703. The Morgan fingerprint density at radius 2 is 2.33 bits per heavy atom. The lowest BCUT2D eigenvalue weighted by molar-refractivity contribution is -0.154. The van der Waals surface area contributed by atoms with Crippen LogP contribution in [0.2, 0.25) is 0 Å². The predicted octanol–water partition coefficient (Wildman–Crippen LogP) is 1.64. The molecule has 24 heavy (non-hydrogen) atoms. The maximum Gasteiger partial charge on any atom is 0.223 e. The first kappa shape index (κ1) is 15.6. The molecule has 2 aromatic rings. The van der Waals surface area contributed by atoms with E-state index in [4.69, 9.17) is 4.74 Å². The Kier molecular flexibility index (Phi) is 4.02. The maximum atomic E-state index is 12.6. The molecule has 0 bridgehead atoms. The second-order valence-electron chi connectivity index (χ2n) is 6.84. The van der Waals surface area contributed by atoms with E-state index in [9.17, 15) is 9.90 Å². The quantitative estimate of drug-likeness (QED) is 0.897. The van der Waals surface area contributed by atoms with Crippen LogP contribution in [-0.4, -0.2) is 57.3 Å². The van der Waals surface area contributed by atoms with Crippen LogP contribution in [0.1, 0.15) is 31.5 Å². The molecule has 2 fully saturated rings. The molecule has 2 N–H and O–H groups in total. The third-order valence-corrected chi connectivity index (χ3v) is 5.24. The van der Waals surface area contributed by atoms with Crippen molar-refractivity contribution in [2.45, 2.75) is 43.8 Å². The lowest BCUT2D eigenvalue weighted by Crippen LogP contribution is -2.57. The standard InChI is InChI=1S/C18H23N3O3/c22-15-8-10-21(12-18(15)9-3-11-24-18)17(23)7-6-16-19-13-4-1-2-5-14(13)20-16/h1-2,4-5,15,22H,3,6-12H2,(H,19,20)/t15-,18-/m0/s1. The lowest BCUT2D eigenvalue weighted by Gasteiger charge is -2.43. The molecule has 1 aromatic heterocycles. The molecule has 0 unspecified atom stereocenters. The normalized spacial score (nSPS) is 27.2. The van der Waals surface area contributed by atoms with Gasteiger partial charge in [-0.1, -0.05) is 12.1 Å². The van der Waals surface area contributed by atoms with Gasteiger partial charge in [0.05, 0.1) is 23.7 Å². The number of fused-ring (bicyclic) bond motifs is 1. The Morgan fingerprint density at radius 3 is 3.12 bits per heavy atom. The van der Waals surface area contributed by atoms with Crippen LogP contribution in [0.3, 0.4) is 0 Å². The molecule has 2 aliphatic heterocycles. The van der Waals surface area contributed by atoms with Gasteiger partial charge in [0.1, 0.15) is 11.4 Å². The second kappa shape index (κ2) is 6.18. The summed E-state index contributed by atoms with van der Waals surface area (Å²) in [5.41, 5.74) is 1.39. The van der Waals surface area contributed by atoms with E-state index in [1.807, 2.05) is 29.2 Å². The van der Waals surface area contributed by atoms with E-state index < -0.39 is 11.7 Å². The van der Waals surface area contributed by atoms with Gasteiger partial charge in [-0.15, -0.1) is 0 Å². The number of aromatic amines is 1. The van der Waals surface area contributed by atoms with E-state index in [1.54, 1.807) is 0 Å². The number of hydrogen-bond donors (Lipinski definition) is 2. The maximum absolute atomic E-state index is 12.6. The molecule has 0 radical (unpaired) electrons. The smallest absolute Gasteiger partial charge is 0.223 e. The predicted molar refractivity (Wildman–Crippen MR) is 89.5 cm³/mol. The van der Waals surface area contributed by atoms with E-state index >= 15 is 0 Å². The molecule has 0 saturated carbocycles. The first-order chi connectivity index (χ1) is 11.7. The number of likely N-dealkylation sites (tertiary alicyclic amines) is 1. The molecular formula is C18H23N3O3. The van der Waals surface area contributed by atoms with Crippen LogP contribution in [0.25, 0.3) is 11.0 Å². The van der Waals surface area contributed by atoms with Crippen molar-refractivity contribution in [1.29, 1.82) is 0 Å². The van der Waals surface area contributed by atoms with Gasteiger partial charge < -0.3 is 19.7 Å².